The SMILES string of the molecule is [2H]C([2H])([2H])[C@@H](CC)C(=O)O[C@@H]1C[C@H](C)C=C2C=C[C@@H](C)[C@@H](CC[C@H]3C[C@H](O)CC(=O)O3)[C@@H]21. The highest BCUT2D eigenvalue weighted by Gasteiger charge is 2.42. The van der Waals surface area contributed by atoms with Crippen molar-refractivity contribution in [3.8, 4) is 0 Å². The van der Waals surface area contributed by atoms with Crippen LogP contribution in [0.5, 0.6) is 0 Å². The van der Waals surface area contributed by atoms with E-state index in [1.54, 1.807) is 6.92 Å². The normalized spacial score (nSPS) is 39.9. The lowest BCUT2D eigenvalue weighted by Crippen LogP contribution is -2.42. The van der Waals surface area contributed by atoms with Crippen molar-refractivity contribution >= 4 is 11.9 Å². The minimum Gasteiger partial charge on any atom is -0.462 e. The number of fused-ring (bicyclic) bond motifs is 1. The molecule has 0 aromatic carbocycles. The fourth-order valence-corrected chi connectivity index (χ4v) is 5.04. The highest BCUT2D eigenvalue weighted by atomic mass is 16.5. The van der Waals surface area contributed by atoms with Crippen molar-refractivity contribution in [2.75, 3.05) is 0 Å². The predicted molar refractivity (Wildman–Crippen MR) is 111 cm³/mol. The van der Waals surface area contributed by atoms with E-state index in [0.29, 0.717) is 19.3 Å². The maximum absolute atomic E-state index is 12.8. The van der Waals surface area contributed by atoms with E-state index in [1.165, 1.54) is 0 Å². The van der Waals surface area contributed by atoms with E-state index >= 15 is 0 Å². The molecular weight excluding hydrogens is 368 g/mol. The van der Waals surface area contributed by atoms with E-state index in [4.69, 9.17) is 13.6 Å². The van der Waals surface area contributed by atoms with Crippen LogP contribution < -0.4 is 0 Å². The van der Waals surface area contributed by atoms with Gasteiger partial charge in [-0.05, 0) is 49.0 Å². The second-order valence-electron chi connectivity index (χ2n) is 9.01. The number of cyclic esters (lactones) is 1. The zero-order valence-electron chi connectivity index (χ0n) is 20.7. The van der Waals surface area contributed by atoms with Gasteiger partial charge < -0.3 is 14.6 Å². The first-order valence-electron chi connectivity index (χ1n) is 12.5. The van der Waals surface area contributed by atoms with Gasteiger partial charge in [-0.25, -0.2) is 0 Å². The summed E-state index contributed by atoms with van der Waals surface area (Å²) in [6.07, 6.45) is 7.91. The molecule has 3 aliphatic rings. The van der Waals surface area contributed by atoms with Crippen molar-refractivity contribution in [2.24, 2.45) is 29.6 Å². The Morgan fingerprint density at radius 3 is 2.86 bits per heavy atom. The summed E-state index contributed by atoms with van der Waals surface area (Å²) in [7, 11) is 0. The quantitative estimate of drug-likeness (QED) is 0.668. The number of aliphatic hydroxyl groups excluding tert-OH is 1. The van der Waals surface area contributed by atoms with Crippen molar-refractivity contribution in [1.29, 1.82) is 0 Å². The van der Waals surface area contributed by atoms with Crippen LogP contribution >= 0.6 is 0 Å². The van der Waals surface area contributed by atoms with Crippen LogP contribution in [0.15, 0.2) is 23.8 Å². The topological polar surface area (TPSA) is 72.8 Å². The molecule has 0 unspecified atom stereocenters. The van der Waals surface area contributed by atoms with E-state index in [9.17, 15) is 14.7 Å². The molecule has 8 atom stereocenters. The molecule has 1 aliphatic heterocycles. The first-order chi connectivity index (χ1) is 15.0. The Morgan fingerprint density at radius 2 is 2.17 bits per heavy atom. The average molecular weight is 408 g/mol. The fourth-order valence-electron chi connectivity index (χ4n) is 5.04. The van der Waals surface area contributed by atoms with Gasteiger partial charge in [0, 0.05) is 16.5 Å². The van der Waals surface area contributed by atoms with Gasteiger partial charge in [-0.15, -0.1) is 0 Å². The molecular formula is C24H36O5. The number of hydrogen-bond donors (Lipinski definition) is 1. The smallest absolute Gasteiger partial charge is 0.308 e. The predicted octanol–water partition coefficient (Wildman–Crippen LogP) is 4.20. The number of ether oxygens (including phenoxy) is 2. The monoisotopic (exact) mass is 407 g/mol. The first-order valence-corrected chi connectivity index (χ1v) is 11.0. The molecule has 0 aromatic rings. The fraction of sp³-hybridized carbons (Fsp3) is 0.750. The molecule has 1 fully saturated rings. The van der Waals surface area contributed by atoms with Gasteiger partial charge >= 0.3 is 11.9 Å². The van der Waals surface area contributed by atoms with E-state index in [-0.39, 0.29) is 54.7 Å². The molecule has 162 valence electrons. The first kappa shape index (κ1) is 18.2. The van der Waals surface area contributed by atoms with Crippen LogP contribution in [-0.4, -0.2) is 35.4 Å². The Bertz CT molecular complexity index is 759. The van der Waals surface area contributed by atoms with Gasteiger partial charge in [0.2, 0.25) is 0 Å². The number of carbonyl (C=O) groups excluding carboxylic acids is 2. The van der Waals surface area contributed by atoms with E-state index < -0.39 is 24.8 Å². The minimum absolute atomic E-state index is 0.0199. The summed E-state index contributed by atoms with van der Waals surface area (Å²) < 4.78 is 34.4. The Hall–Kier alpha value is -1.62. The van der Waals surface area contributed by atoms with Crippen molar-refractivity contribution in [3.63, 3.8) is 0 Å². The van der Waals surface area contributed by atoms with Crippen LogP contribution in [0, 0.1) is 29.6 Å². The molecule has 3 rings (SSSR count). The summed E-state index contributed by atoms with van der Waals surface area (Å²) in [5, 5.41) is 9.91. The molecule has 1 N–H and O–H groups in total. The van der Waals surface area contributed by atoms with Crippen LogP contribution in [-0.2, 0) is 19.1 Å². The Balaban J connectivity index is 1.77. The van der Waals surface area contributed by atoms with Gasteiger partial charge in [0.25, 0.3) is 0 Å². The van der Waals surface area contributed by atoms with Crippen LogP contribution in [0.25, 0.3) is 0 Å². The molecule has 2 aliphatic carbocycles. The summed E-state index contributed by atoms with van der Waals surface area (Å²) >= 11 is 0. The number of carbonyl (C=O) groups is 2. The minimum atomic E-state index is -2.38. The molecule has 29 heavy (non-hydrogen) atoms. The van der Waals surface area contributed by atoms with Crippen molar-refractivity contribution in [2.45, 2.75) is 84.5 Å². The number of aliphatic hydroxyl groups is 1. The molecule has 1 heterocycles. The molecule has 5 nitrogen and oxygen atoms in total. The number of esters is 2. The molecule has 0 radical (unpaired) electrons. The number of rotatable bonds is 6. The zero-order chi connectivity index (χ0) is 23.6. The lowest BCUT2D eigenvalue weighted by molar-refractivity contribution is -0.162. The average Bonchev–Trinajstić information content (AvgIpc) is 2.66. The molecule has 0 saturated carbocycles. The van der Waals surface area contributed by atoms with E-state index in [1.807, 2.05) is 0 Å². The van der Waals surface area contributed by atoms with Crippen molar-refractivity contribution in [1.82, 2.24) is 0 Å². The third-order valence-corrected chi connectivity index (χ3v) is 6.61. The third kappa shape index (κ3) is 5.30. The van der Waals surface area contributed by atoms with Crippen molar-refractivity contribution in [3.05, 3.63) is 23.8 Å². The lowest BCUT2D eigenvalue weighted by Gasteiger charge is -2.43. The van der Waals surface area contributed by atoms with Gasteiger partial charge in [-0.1, -0.05) is 45.9 Å². The van der Waals surface area contributed by atoms with Crippen LogP contribution in [0.1, 0.15) is 70.3 Å². The zero-order valence-corrected chi connectivity index (χ0v) is 17.7. The number of hydrogen-bond acceptors (Lipinski definition) is 5. The van der Waals surface area contributed by atoms with Crippen LogP contribution in [0.3, 0.4) is 0 Å². The molecule has 1 saturated heterocycles. The summed E-state index contributed by atoms with van der Waals surface area (Å²) in [5.74, 6) is -1.52. The molecule has 0 aromatic heterocycles. The van der Waals surface area contributed by atoms with Crippen LogP contribution in [0.2, 0.25) is 0 Å². The van der Waals surface area contributed by atoms with Gasteiger partial charge in [0.1, 0.15) is 12.2 Å². The Labute approximate surface area is 178 Å². The Kier molecular flexibility index (Phi) is 5.93. The molecule has 0 spiro atoms. The highest BCUT2D eigenvalue weighted by Crippen LogP contribution is 2.45. The summed E-state index contributed by atoms with van der Waals surface area (Å²) in [4.78, 5) is 24.5. The van der Waals surface area contributed by atoms with Gasteiger partial charge in [-0.3, -0.25) is 9.59 Å². The summed E-state index contributed by atoms with van der Waals surface area (Å²) in [6, 6.07) is 0. The van der Waals surface area contributed by atoms with Crippen molar-refractivity contribution < 1.29 is 28.3 Å². The largest absolute Gasteiger partial charge is 0.462 e. The number of allylic oxidation sites excluding steroid dienone is 3. The second kappa shape index (κ2) is 9.46. The van der Waals surface area contributed by atoms with Gasteiger partial charge in [-0.2, -0.15) is 0 Å². The van der Waals surface area contributed by atoms with Gasteiger partial charge in [0.05, 0.1) is 18.4 Å². The standard InChI is InChI=1S/C24H36O5/c1-5-15(3)24(27)29-21-11-14(2)10-17-7-6-16(4)20(23(17)21)9-8-19-12-18(25)13-22(26)28-19/h6-7,10,14-16,18-21,23,25H,5,8-9,11-13H2,1-4H3/t14-,15+,16-,18+,19+,20-,21-,23-/m1/s1/i3D3. The van der Waals surface area contributed by atoms with E-state index in [2.05, 4.69) is 32.1 Å². The second-order valence-corrected chi connectivity index (χ2v) is 9.01. The molecule has 0 amide bonds. The third-order valence-electron chi connectivity index (χ3n) is 6.61. The summed E-state index contributed by atoms with van der Waals surface area (Å²) in [6.45, 7) is 3.53. The van der Waals surface area contributed by atoms with E-state index in [0.717, 1.165) is 12.0 Å². The lowest BCUT2D eigenvalue weighted by atomic mass is 9.65. The maximum Gasteiger partial charge on any atom is 0.308 e. The molecule has 0 bridgehead atoms. The maximum atomic E-state index is 12.8. The molecule has 5 heteroatoms. The summed E-state index contributed by atoms with van der Waals surface area (Å²) in [5.41, 5.74) is 1.13. The highest BCUT2D eigenvalue weighted by molar-refractivity contribution is 5.72. The Morgan fingerprint density at radius 1 is 1.38 bits per heavy atom. The van der Waals surface area contributed by atoms with Crippen LogP contribution in [0.4, 0.5) is 0 Å². The van der Waals surface area contributed by atoms with Gasteiger partial charge in [0.15, 0.2) is 0 Å².